The summed E-state index contributed by atoms with van der Waals surface area (Å²) in [7, 11) is 2.26. The van der Waals surface area contributed by atoms with E-state index in [0.717, 1.165) is 6.54 Å². The van der Waals surface area contributed by atoms with Crippen LogP contribution < -0.4 is 15.9 Å². The van der Waals surface area contributed by atoms with Crippen LogP contribution in [0.25, 0.3) is 10.9 Å². The topological polar surface area (TPSA) is 56.9 Å². The normalized spacial score (nSPS) is 21.8. The number of aromatic amines is 1. The average Bonchev–Trinajstić information content (AvgIpc) is 2.84. The first-order valence-electron chi connectivity index (χ1n) is 6.28. The van der Waals surface area contributed by atoms with E-state index in [9.17, 15) is 9.18 Å². The van der Waals surface area contributed by atoms with Gasteiger partial charge < -0.3 is 15.6 Å². The first kappa shape index (κ1) is 13.8. The SMILES string of the molecule is C[C@H]1NC[C@H]1NC(=O)c1cc2cc(Cl)c(P)c(F)c2[nH]1. The molecule has 0 spiro atoms. The van der Waals surface area contributed by atoms with Crippen molar-refractivity contribution in [2.75, 3.05) is 6.54 Å². The second-order valence-corrected chi connectivity index (χ2v) is 5.99. The molecule has 1 aromatic carbocycles. The summed E-state index contributed by atoms with van der Waals surface area (Å²) in [6, 6.07) is 3.62. The van der Waals surface area contributed by atoms with Gasteiger partial charge in [0.15, 0.2) is 5.82 Å². The van der Waals surface area contributed by atoms with Crippen molar-refractivity contribution in [1.82, 2.24) is 15.6 Å². The highest BCUT2D eigenvalue weighted by molar-refractivity contribution is 7.28. The van der Waals surface area contributed by atoms with Crippen molar-refractivity contribution in [1.29, 1.82) is 0 Å². The number of fused-ring (bicyclic) bond motifs is 1. The molecule has 1 unspecified atom stereocenters. The van der Waals surface area contributed by atoms with Gasteiger partial charge in [-0.1, -0.05) is 11.6 Å². The number of hydrogen-bond acceptors (Lipinski definition) is 2. The van der Waals surface area contributed by atoms with Gasteiger partial charge in [0.05, 0.1) is 16.6 Å². The quantitative estimate of drug-likeness (QED) is 0.737. The van der Waals surface area contributed by atoms with Crippen LogP contribution in [-0.4, -0.2) is 29.5 Å². The molecule has 3 atom stereocenters. The smallest absolute Gasteiger partial charge is 0.268 e. The monoisotopic (exact) mass is 313 g/mol. The van der Waals surface area contributed by atoms with Gasteiger partial charge in [-0.25, -0.2) is 4.39 Å². The maximum absolute atomic E-state index is 14.1. The summed E-state index contributed by atoms with van der Waals surface area (Å²) < 4.78 is 14.1. The number of carbonyl (C=O) groups is 1. The molecule has 20 heavy (non-hydrogen) atoms. The molecule has 3 N–H and O–H groups in total. The minimum atomic E-state index is -0.449. The number of amides is 1. The summed E-state index contributed by atoms with van der Waals surface area (Å²) in [5.74, 6) is -0.685. The van der Waals surface area contributed by atoms with E-state index in [0.29, 0.717) is 26.9 Å². The van der Waals surface area contributed by atoms with Crippen LogP contribution in [-0.2, 0) is 0 Å². The Balaban J connectivity index is 1.92. The molecule has 0 saturated carbocycles. The predicted molar refractivity (Wildman–Crippen MR) is 81.3 cm³/mol. The van der Waals surface area contributed by atoms with Crippen molar-refractivity contribution in [3.05, 3.63) is 28.7 Å². The predicted octanol–water partition coefficient (Wildman–Crippen LogP) is 1.55. The number of carbonyl (C=O) groups excluding carboxylic acids is 1. The van der Waals surface area contributed by atoms with E-state index in [1.807, 2.05) is 6.92 Å². The molecule has 2 aromatic rings. The fourth-order valence-corrected chi connectivity index (χ4v) is 2.66. The number of benzene rings is 1. The van der Waals surface area contributed by atoms with E-state index >= 15 is 0 Å². The van der Waals surface area contributed by atoms with E-state index in [4.69, 9.17) is 11.6 Å². The van der Waals surface area contributed by atoms with Crippen LogP contribution in [0.3, 0.4) is 0 Å². The fraction of sp³-hybridized carbons (Fsp3) is 0.308. The molecule has 3 rings (SSSR count). The molecule has 1 aliphatic heterocycles. The molecule has 0 radical (unpaired) electrons. The molecule has 1 amide bonds. The summed E-state index contributed by atoms with van der Waals surface area (Å²) in [6.45, 7) is 2.75. The van der Waals surface area contributed by atoms with Gasteiger partial charge in [-0.2, -0.15) is 0 Å². The Morgan fingerprint density at radius 1 is 1.55 bits per heavy atom. The van der Waals surface area contributed by atoms with Crippen LogP contribution in [0.2, 0.25) is 5.02 Å². The van der Waals surface area contributed by atoms with Crippen molar-refractivity contribution in [2.45, 2.75) is 19.0 Å². The minimum absolute atomic E-state index is 0.111. The minimum Gasteiger partial charge on any atom is -0.348 e. The van der Waals surface area contributed by atoms with Gasteiger partial charge in [0.2, 0.25) is 0 Å². The van der Waals surface area contributed by atoms with E-state index in [-0.39, 0.29) is 18.0 Å². The second kappa shape index (κ2) is 4.99. The fourth-order valence-electron chi connectivity index (χ4n) is 2.24. The van der Waals surface area contributed by atoms with Crippen molar-refractivity contribution < 1.29 is 9.18 Å². The molecule has 1 fully saturated rings. The molecule has 2 heterocycles. The Bertz CT molecular complexity index is 702. The summed E-state index contributed by atoms with van der Waals surface area (Å²) in [5, 5.41) is 7.26. The number of hydrogen-bond donors (Lipinski definition) is 3. The number of nitrogens with one attached hydrogen (secondary N) is 3. The lowest BCUT2D eigenvalue weighted by Gasteiger charge is -2.35. The maximum Gasteiger partial charge on any atom is 0.268 e. The van der Waals surface area contributed by atoms with Crippen molar-refractivity contribution >= 4 is 43.0 Å². The molecule has 7 heteroatoms. The standard InChI is InChI=1S/C13H14ClFN3OP/c1-5-9(4-16-5)18-13(19)8-3-6-2-7(14)12(20)10(15)11(6)17-8/h2-3,5,9,16-17H,4,20H2,1H3,(H,18,19)/t5-,9-/m1/s1. The Kier molecular flexibility index (Phi) is 3.44. The average molecular weight is 314 g/mol. The van der Waals surface area contributed by atoms with E-state index in [1.165, 1.54) is 0 Å². The van der Waals surface area contributed by atoms with Crippen LogP contribution in [0.4, 0.5) is 4.39 Å². The number of halogens is 2. The van der Waals surface area contributed by atoms with Crippen LogP contribution in [0, 0.1) is 5.82 Å². The Morgan fingerprint density at radius 3 is 2.90 bits per heavy atom. The van der Waals surface area contributed by atoms with Crippen LogP contribution in [0.15, 0.2) is 12.1 Å². The molecule has 1 aromatic heterocycles. The highest BCUT2D eigenvalue weighted by atomic mass is 35.5. The lowest BCUT2D eigenvalue weighted by molar-refractivity contribution is 0.0902. The first-order valence-corrected chi connectivity index (χ1v) is 7.23. The highest BCUT2D eigenvalue weighted by Gasteiger charge is 2.28. The van der Waals surface area contributed by atoms with Gasteiger partial charge in [-0.05, 0) is 19.1 Å². The molecule has 1 saturated heterocycles. The van der Waals surface area contributed by atoms with Gasteiger partial charge in [0, 0.05) is 23.3 Å². The Labute approximate surface area is 122 Å². The summed E-state index contributed by atoms with van der Waals surface area (Å²) in [5.41, 5.74) is 0.633. The summed E-state index contributed by atoms with van der Waals surface area (Å²) in [6.07, 6.45) is 0. The van der Waals surface area contributed by atoms with Gasteiger partial charge in [0.1, 0.15) is 5.69 Å². The van der Waals surface area contributed by atoms with Crippen LogP contribution >= 0.6 is 20.8 Å². The molecular formula is C13H14ClFN3OP. The van der Waals surface area contributed by atoms with E-state index < -0.39 is 5.82 Å². The van der Waals surface area contributed by atoms with E-state index in [1.54, 1.807) is 12.1 Å². The number of H-pyrrole nitrogens is 1. The van der Waals surface area contributed by atoms with Gasteiger partial charge >= 0.3 is 0 Å². The highest BCUT2D eigenvalue weighted by Crippen LogP contribution is 2.24. The van der Waals surface area contributed by atoms with Crippen molar-refractivity contribution in [2.24, 2.45) is 0 Å². The Hall–Kier alpha value is -1.16. The van der Waals surface area contributed by atoms with Crippen LogP contribution in [0.5, 0.6) is 0 Å². The Morgan fingerprint density at radius 2 is 2.30 bits per heavy atom. The second-order valence-electron chi connectivity index (χ2n) is 5.01. The van der Waals surface area contributed by atoms with E-state index in [2.05, 4.69) is 24.9 Å². The zero-order valence-electron chi connectivity index (χ0n) is 10.8. The summed E-state index contributed by atoms with van der Waals surface area (Å²) in [4.78, 5) is 14.9. The van der Waals surface area contributed by atoms with Crippen molar-refractivity contribution in [3.63, 3.8) is 0 Å². The van der Waals surface area contributed by atoms with Crippen LogP contribution in [0.1, 0.15) is 17.4 Å². The third-order valence-corrected chi connectivity index (χ3v) is 4.73. The zero-order chi connectivity index (χ0) is 14.4. The molecular weight excluding hydrogens is 300 g/mol. The number of aromatic nitrogens is 1. The van der Waals surface area contributed by atoms with Gasteiger partial charge in [-0.15, -0.1) is 9.24 Å². The molecule has 4 nitrogen and oxygen atoms in total. The third-order valence-electron chi connectivity index (χ3n) is 3.67. The van der Waals surface area contributed by atoms with Gasteiger partial charge in [0.25, 0.3) is 5.91 Å². The zero-order valence-corrected chi connectivity index (χ0v) is 12.7. The lowest BCUT2D eigenvalue weighted by atomic mass is 10.0. The molecule has 106 valence electrons. The lowest BCUT2D eigenvalue weighted by Crippen LogP contribution is -2.63. The molecule has 0 bridgehead atoms. The maximum atomic E-state index is 14.1. The molecule has 1 aliphatic rings. The van der Waals surface area contributed by atoms with Crippen molar-refractivity contribution in [3.8, 4) is 0 Å². The molecule has 0 aliphatic carbocycles. The number of rotatable bonds is 2. The van der Waals surface area contributed by atoms with Gasteiger partial charge in [-0.3, -0.25) is 4.79 Å². The first-order chi connectivity index (χ1) is 9.47. The summed E-state index contributed by atoms with van der Waals surface area (Å²) >= 11 is 5.93. The largest absolute Gasteiger partial charge is 0.348 e. The third kappa shape index (κ3) is 2.20.